The Balaban J connectivity index is 1.85. The van der Waals surface area contributed by atoms with Crippen molar-refractivity contribution in [1.82, 2.24) is 4.90 Å². The summed E-state index contributed by atoms with van der Waals surface area (Å²) >= 11 is 0. The molecule has 0 atom stereocenters. The summed E-state index contributed by atoms with van der Waals surface area (Å²) in [6.45, 7) is 9.47. The van der Waals surface area contributed by atoms with Gasteiger partial charge in [0.25, 0.3) is 0 Å². The Morgan fingerprint density at radius 1 is 1.20 bits per heavy atom. The second-order valence-electron chi connectivity index (χ2n) is 6.33. The van der Waals surface area contributed by atoms with Crippen LogP contribution in [0.3, 0.4) is 0 Å². The fourth-order valence-electron chi connectivity index (χ4n) is 3.00. The average molecular weight is 273 g/mol. The lowest BCUT2D eigenvalue weighted by molar-refractivity contribution is 0.0880. The quantitative estimate of drug-likeness (QED) is 0.761. The molecule has 1 aliphatic rings. The monoisotopic (exact) mass is 273 g/mol. The molecule has 1 aromatic rings. The number of likely N-dealkylation sites (tertiary alicyclic amines) is 1. The van der Waals surface area contributed by atoms with Crippen molar-refractivity contribution in [3.63, 3.8) is 0 Å². The third-order valence-electron chi connectivity index (χ3n) is 4.63. The topological polar surface area (TPSA) is 20.3 Å². The maximum absolute atomic E-state index is 12.3. The van der Waals surface area contributed by atoms with E-state index in [0.717, 1.165) is 36.9 Å². The molecule has 2 nitrogen and oxygen atoms in total. The minimum absolute atomic E-state index is 0.260. The van der Waals surface area contributed by atoms with Gasteiger partial charge in [0.05, 0.1) is 6.54 Å². The molecular formula is C18H27NO. The lowest BCUT2D eigenvalue weighted by atomic mass is 9.86. The molecule has 1 aliphatic heterocycles. The predicted octanol–water partition coefficient (Wildman–Crippen LogP) is 3.80. The fraction of sp³-hybridized carbons (Fsp3) is 0.611. The van der Waals surface area contributed by atoms with Gasteiger partial charge in [0.1, 0.15) is 0 Å². The zero-order valence-corrected chi connectivity index (χ0v) is 13.1. The van der Waals surface area contributed by atoms with Crippen LogP contribution in [0.25, 0.3) is 0 Å². The summed E-state index contributed by atoms with van der Waals surface area (Å²) in [5, 5.41) is 0. The summed E-state index contributed by atoms with van der Waals surface area (Å²) in [5.74, 6) is 1.87. The number of piperidine rings is 1. The Morgan fingerprint density at radius 2 is 1.80 bits per heavy atom. The van der Waals surface area contributed by atoms with Gasteiger partial charge >= 0.3 is 0 Å². The molecule has 0 saturated carbocycles. The predicted molar refractivity (Wildman–Crippen MR) is 84.2 cm³/mol. The van der Waals surface area contributed by atoms with Crippen LogP contribution in [0.5, 0.6) is 0 Å². The maximum Gasteiger partial charge on any atom is 0.176 e. The highest BCUT2D eigenvalue weighted by atomic mass is 16.1. The SMILES string of the molecule is CCc1ccc(C(=O)CN2CCC(C(C)C)CC2)cc1. The summed E-state index contributed by atoms with van der Waals surface area (Å²) in [6.07, 6.45) is 3.50. The van der Waals surface area contributed by atoms with Crippen LogP contribution >= 0.6 is 0 Å². The second kappa shape index (κ2) is 7.03. The van der Waals surface area contributed by atoms with Crippen molar-refractivity contribution in [2.75, 3.05) is 19.6 Å². The lowest BCUT2D eigenvalue weighted by Gasteiger charge is -2.33. The number of nitrogens with zero attached hydrogens (tertiary/aromatic N) is 1. The number of hydrogen-bond donors (Lipinski definition) is 0. The normalized spacial score (nSPS) is 17.6. The molecule has 1 heterocycles. The molecule has 1 saturated heterocycles. The molecule has 1 aromatic carbocycles. The highest BCUT2D eigenvalue weighted by molar-refractivity contribution is 5.97. The number of ketones is 1. The number of aryl methyl sites for hydroxylation is 1. The van der Waals surface area contributed by atoms with Gasteiger partial charge in [0.2, 0.25) is 0 Å². The van der Waals surface area contributed by atoms with Crippen molar-refractivity contribution in [3.8, 4) is 0 Å². The first-order chi connectivity index (χ1) is 9.60. The number of Topliss-reactive ketones (excluding diaryl/α,β-unsaturated/α-hetero) is 1. The molecule has 0 amide bonds. The smallest absolute Gasteiger partial charge is 0.176 e. The van der Waals surface area contributed by atoms with Crippen molar-refractivity contribution < 1.29 is 4.79 Å². The number of benzene rings is 1. The number of carbonyl (C=O) groups excluding carboxylic acids is 1. The molecule has 0 aliphatic carbocycles. The van der Waals surface area contributed by atoms with E-state index in [-0.39, 0.29) is 5.78 Å². The van der Waals surface area contributed by atoms with Crippen molar-refractivity contribution in [3.05, 3.63) is 35.4 Å². The molecule has 0 spiro atoms. The third-order valence-corrected chi connectivity index (χ3v) is 4.63. The van der Waals surface area contributed by atoms with Crippen molar-refractivity contribution in [2.45, 2.75) is 40.0 Å². The minimum Gasteiger partial charge on any atom is -0.296 e. The summed E-state index contributed by atoms with van der Waals surface area (Å²) in [5.41, 5.74) is 2.15. The molecule has 2 rings (SSSR count). The highest BCUT2D eigenvalue weighted by Gasteiger charge is 2.22. The Labute approximate surface area is 123 Å². The van der Waals surface area contributed by atoms with Gasteiger partial charge in [-0.05, 0) is 49.8 Å². The molecule has 0 radical (unpaired) electrons. The second-order valence-corrected chi connectivity index (χ2v) is 6.33. The van der Waals surface area contributed by atoms with Gasteiger partial charge < -0.3 is 0 Å². The molecule has 0 N–H and O–H groups in total. The molecule has 2 heteroatoms. The maximum atomic E-state index is 12.3. The van der Waals surface area contributed by atoms with E-state index < -0.39 is 0 Å². The van der Waals surface area contributed by atoms with Crippen molar-refractivity contribution >= 4 is 5.78 Å². The van der Waals surface area contributed by atoms with Crippen LogP contribution in [0.15, 0.2) is 24.3 Å². The van der Waals surface area contributed by atoms with E-state index in [1.54, 1.807) is 0 Å². The van der Waals surface area contributed by atoms with E-state index in [4.69, 9.17) is 0 Å². The van der Waals surface area contributed by atoms with Crippen LogP contribution in [-0.4, -0.2) is 30.3 Å². The van der Waals surface area contributed by atoms with Crippen LogP contribution in [0.4, 0.5) is 0 Å². The van der Waals surface area contributed by atoms with E-state index in [2.05, 4.69) is 37.8 Å². The number of rotatable bonds is 5. The number of hydrogen-bond acceptors (Lipinski definition) is 2. The van der Waals surface area contributed by atoms with Gasteiger partial charge in [0.15, 0.2) is 5.78 Å². The largest absolute Gasteiger partial charge is 0.296 e. The Kier molecular flexibility index (Phi) is 5.36. The molecule has 1 fully saturated rings. The number of carbonyl (C=O) groups is 1. The molecule has 0 aromatic heterocycles. The molecule has 20 heavy (non-hydrogen) atoms. The Hall–Kier alpha value is -1.15. The van der Waals surface area contributed by atoms with Gasteiger partial charge in [0, 0.05) is 5.56 Å². The summed E-state index contributed by atoms with van der Waals surface area (Å²) < 4.78 is 0. The van der Waals surface area contributed by atoms with E-state index >= 15 is 0 Å². The summed E-state index contributed by atoms with van der Waals surface area (Å²) in [7, 11) is 0. The van der Waals surface area contributed by atoms with E-state index in [1.807, 2.05) is 12.1 Å². The first-order valence-corrected chi connectivity index (χ1v) is 7.94. The average Bonchev–Trinajstić information content (AvgIpc) is 2.48. The van der Waals surface area contributed by atoms with Gasteiger partial charge in [-0.1, -0.05) is 45.0 Å². The van der Waals surface area contributed by atoms with E-state index in [9.17, 15) is 4.79 Å². The zero-order chi connectivity index (χ0) is 14.5. The van der Waals surface area contributed by atoms with Crippen molar-refractivity contribution in [1.29, 1.82) is 0 Å². The van der Waals surface area contributed by atoms with Crippen LogP contribution in [-0.2, 0) is 6.42 Å². The highest BCUT2D eigenvalue weighted by Crippen LogP contribution is 2.24. The molecule has 110 valence electrons. The molecule has 0 bridgehead atoms. The van der Waals surface area contributed by atoms with Crippen LogP contribution < -0.4 is 0 Å². The first-order valence-electron chi connectivity index (χ1n) is 7.94. The van der Waals surface area contributed by atoms with Crippen LogP contribution in [0, 0.1) is 11.8 Å². The summed E-state index contributed by atoms with van der Waals surface area (Å²) in [6, 6.07) is 8.08. The zero-order valence-electron chi connectivity index (χ0n) is 13.1. The van der Waals surface area contributed by atoms with Crippen molar-refractivity contribution in [2.24, 2.45) is 11.8 Å². The Morgan fingerprint density at radius 3 is 2.30 bits per heavy atom. The molecule has 0 unspecified atom stereocenters. The van der Waals surface area contributed by atoms with E-state index in [0.29, 0.717) is 6.54 Å². The lowest BCUT2D eigenvalue weighted by Crippen LogP contribution is -2.38. The molecular weight excluding hydrogens is 246 g/mol. The van der Waals surface area contributed by atoms with Gasteiger partial charge in [-0.25, -0.2) is 0 Å². The summed E-state index contributed by atoms with van der Waals surface area (Å²) in [4.78, 5) is 14.6. The minimum atomic E-state index is 0.260. The fourth-order valence-corrected chi connectivity index (χ4v) is 3.00. The third kappa shape index (κ3) is 3.92. The Bertz CT molecular complexity index is 427. The van der Waals surface area contributed by atoms with Crippen LogP contribution in [0.2, 0.25) is 0 Å². The standard InChI is InChI=1S/C18H27NO/c1-4-15-5-7-17(8-6-15)18(20)13-19-11-9-16(10-12-19)14(2)3/h5-8,14,16H,4,9-13H2,1-3H3. The first kappa shape index (κ1) is 15.2. The van der Waals surface area contributed by atoms with Gasteiger partial charge in [-0.3, -0.25) is 9.69 Å². The van der Waals surface area contributed by atoms with Gasteiger partial charge in [-0.15, -0.1) is 0 Å². The van der Waals surface area contributed by atoms with Gasteiger partial charge in [-0.2, -0.15) is 0 Å². The van der Waals surface area contributed by atoms with E-state index in [1.165, 1.54) is 18.4 Å². The van der Waals surface area contributed by atoms with Crippen LogP contribution in [0.1, 0.15) is 49.5 Å².